The fourth-order valence-electron chi connectivity index (χ4n) is 2.49. The summed E-state index contributed by atoms with van der Waals surface area (Å²) < 4.78 is 31.5. The van der Waals surface area contributed by atoms with Crippen molar-refractivity contribution < 1.29 is 22.7 Å². The molecular formula is C16H23N3O5S2. The molecule has 0 aromatic carbocycles. The molecule has 26 heavy (non-hydrogen) atoms. The highest BCUT2D eigenvalue weighted by Gasteiger charge is 2.25. The molecule has 0 bridgehead atoms. The number of nitrogens with one attached hydrogen (secondary N) is 1. The van der Waals surface area contributed by atoms with Crippen LogP contribution in [0.3, 0.4) is 0 Å². The van der Waals surface area contributed by atoms with Crippen LogP contribution in [0.2, 0.25) is 0 Å². The molecule has 2 heterocycles. The topological polar surface area (TPSA) is 106 Å². The van der Waals surface area contributed by atoms with Gasteiger partial charge < -0.3 is 4.74 Å². The number of carbonyl (C=O) groups is 2. The lowest BCUT2D eigenvalue weighted by Crippen LogP contribution is -2.32. The normalized spacial score (nSPS) is 15.9. The first kappa shape index (κ1) is 20.7. The maximum Gasteiger partial charge on any atom is 0.413 e. The summed E-state index contributed by atoms with van der Waals surface area (Å²) in [4.78, 5) is 27.0. The van der Waals surface area contributed by atoms with Gasteiger partial charge in [-0.25, -0.2) is 18.2 Å². The second-order valence-corrected chi connectivity index (χ2v) is 8.64. The summed E-state index contributed by atoms with van der Waals surface area (Å²) in [5.74, 6) is -0.527. The molecule has 2 rings (SSSR count). The van der Waals surface area contributed by atoms with Crippen molar-refractivity contribution in [3.05, 3.63) is 18.3 Å². The van der Waals surface area contributed by atoms with E-state index in [2.05, 4.69) is 15.0 Å². The molecule has 1 aromatic rings. The van der Waals surface area contributed by atoms with Gasteiger partial charge in [-0.2, -0.15) is 4.31 Å². The van der Waals surface area contributed by atoms with Crippen LogP contribution in [0.15, 0.2) is 28.3 Å². The third-order valence-corrected chi connectivity index (χ3v) is 6.61. The van der Waals surface area contributed by atoms with Gasteiger partial charge in [-0.05, 0) is 31.9 Å². The molecule has 0 atom stereocenters. The lowest BCUT2D eigenvalue weighted by molar-refractivity contribution is -0.117. The van der Waals surface area contributed by atoms with Crippen LogP contribution in [0.4, 0.5) is 4.79 Å². The summed E-state index contributed by atoms with van der Waals surface area (Å²) in [6.45, 7) is 2.89. The molecule has 1 saturated heterocycles. The highest BCUT2D eigenvalue weighted by atomic mass is 32.2. The number of pyridine rings is 1. The van der Waals surface area contributed by atoms with E-state index in [1.165, 1.54) is 16.6 Å². The number of sulfonamides is 1. The lowest BCUT2D eigenvalue weighted by Gasteiger charge is -2.19. The van der Waals surface area contributed by atoms with Crippen LogP contribution < -0.4 is 5.32 Å². The Balaban J connectivity index is 1.93. The molecule has 0 radical (unpaired) electrons. The van der Waals surface area contributed by atoms with Crippen molar-refractivity contribution in [1.29, 1.82) is 0 Å². The van der Waals surface area contributed by atoms with E-state index in [1.54, 1.807) is 13.0 Å². The van der Waals surface area contributed by atoms with E-state index in [0.29, 0.717) is 18.1 Å². The summed E-state index contributed by atoms with van der Waals surface area (Å²) in [5.41, 5.74) is 0. The molecule has 1 fully saturated rings. The Morgan fingerprint density at radius 3 is 2.50 bits per heavy atom. The van der Waals surface area contributed by atoms with Crippen LogP contribution in [0.1, 0.15) is 32.6 Å². The molecule has 0 aliphatic carbocycles. The summed E-state index contributed by atoms with van der Waals surface area (Å²) >= 11 is 1.11. The number of imide groups is 1. The molecular weight excluding hydrogens is 378 g/mol. The Morgan fingerprint density at radius 2 is 1.92 bits per heavy atom. The zero-order valence-electron chi connectivity index (χ0n) is 14.6. The molecule has 8 nitrogen and oxygen atoms in total. The molecule has 0 saturated carbocycles. The van der Waals surface area contributed by atoms with Gasteiger partial charge in [0.2, 0.25) is 15.9 Å². The highest BCUT2D eigenvalue weighted by Crippen LogP contribution is 2.22. The van der Waals surface area contributed by atoms with Crippen molar-refractivity contribution in [3.8, 4) is 0 Å². The molecule has 0 unspecified atom stereocenters. The second kappa shape index (κ2) is 9.89. The summed E-state index contributed by atoms with van der Waals surface area (Å²) in [5, 5.41) is 2.58. The molecule has 1 N–H and O–H groups in total. The lowest BCUT2D eigenvalue weighted by atomic mass is 10.2. The number of amides is 2. The van der Waals surface area contributed by atoms with Crippen molar-refractivity contribution in [2.75, 3.05) is 25.4 Å². The van der Waals surface area contributed by atoms with Gasteiger partial charge in [-0.3, -0.25) is 10.1 Å². The molecule has 1 aliphatic heterocycles. The Labute approximate surface area is 157 Å². The number of hydrogen-bond acceptors (Lipinski definition) is 7. The highest BCUT2D eigenvalue weighted by molar-refractivity contribution is 7.99. The predicted molar refractivity (Wildman–Crippen MR) is 97.4 cm³/mol. The quantitative estimate of drug-likeness (QED) is 0.727. The third kappa shape index (κ3) is 5.96. The largest absolute Gasteiger partial charge is 0.450 e. The van der Waals surface area contributed by atoms with E-state index in [1.807, 2.05) is 0 Å². The van der Waals surface area contributed by atoms with Crippen LogP contribution in [0, 0.1) is 0 Å². The van der Waals surface area contributed by atoms with Gasteiger partial charge in [0.1, 0.15) is 4.90 Å². The number of alkyl carbamates (subject to hydrolysis) is 1. The zero-order valence-corrected chi connectivity index (χ0v) is 16.3. The van der Waals surface area contributed by atoms with Crippen molar-refractivity contribution in [3.63, 3.8) is 0 Å². The Hall–Kier alpha value is -1.65. The molecule has 0 spiro atoms. The Bertz CT molecular complexity index is 714. The van der Waals surface area contributed by atoms with Crippen molar-refractivity contribution >= 4 is 33.8 Å². The summed E-state index contributed by atoms with van der Waals surface area (Å²) in [6, 6.07) is 3.06. The zero-order chi connectivity index (χ0) is 19.0. The van der Waals surface area contributed by atoms with Gasteiger partial charge in [0, 0.05) is 19.3 Å². The summed E-state index contributed by atoms with van der Waals surface area (Å²) in [7, 11) is -3.53. The van der Waals surface area contributed by atoms with Crippen molar-refractivity contribution in [2.24, 2.45) is 0 Å². The van der Waals surface area contributed by atoms with Crippen molar-refractivity contribution in [1.82, 2.24) is 14.6 Å². The minimum atomic E-state index is -3.53. The monoisotopic (exact) mass is 401 g/mol. The van der Waals surface area contributed by atoms with E-state index in [0.717, 1.165) is 37.4 Å². The van der Waals surface area contributed by atoms with E-state index >= 15 is 0 Å². The Morgan fingerprint density at radius 1 is 1.23 bits per heavy atom. The first-order valence-corrected chi connectivity index (χ1v) is 10.9. The predicted octanol–water partition coefficient (Wildman–Crippen LogP) is 2.01. The van der Waals surface area contributed by atoms with E-state index in [-0.39, 0.29) is 17.3 Å². The standard InChI is InChI=1S/C16H23N3O5S2/c1-2-24-16(21)18-14(20)12-25-15-8-7-13(11-17-15)26(22,23)19-9-5-3-4-6-10-19/h7-8,11H,2-6,9-10,12H2,1H3,(H,18,20,21). The van der Waals surface area contributed by atoms with Gasteiger partial charge in [0.25, 0.3) is 0 Å². The van der Waals surface area contributed by atoms with Crippen LogP contribution >= 0.6 is 11.8 Å². The number of aromatic nitrogens is 1. The number of rotatable bonds is 6. The Kier molecular flexibility index (Phi) is 7.85. The average molecular weight is 402 g/mol. The third-order valence-electron chi connectivity index (χ3n) is 3.78. The molecule has 1 aliphatic rings. The van der Waals surface area contributed by atoms with Gasteiger partial charge in [-0.1, -0.05) is 24.6 Å². The molecule has 1 aromatic heterocycles. The maximum atomic E-state index is 12.7. The van der Waals surface area contributed by atoms with Crippen LogP contribution in [-0.4, -0.2) is 55.2 Å². The minimum Gasteiger partial charge on any atom is -0.450 e. The number of ether oxygens (including phenoxy) is 1. The number of hydrogen-bond donors (Lipinski definition) is 1. The fraction of sp³-hybridized carbons (Fsp3) is 0.562. The smallest absolute Gasteiger partial charge is 0.413 e. The van der Waals surface area contributed by atoms with E-state index < -0.39 is 22.0 Å². The van der Waals surface area contributed by atoms with Crippen molar-refractivity contribution in [2.45, 2.75) is 42.5 Å². The number of carbonyl (C=O) groups excluding carboxylic acids is 2. The minimum absolute atomic E-state index is 0.0238. The molecule has 2 amide bonds. The van der Waals surface area contributed by atoms with Gasteiger partial charge in [-0.15, -0.1) is 0 Å². The summed E-state index contributed by atoms with van der Waals surface area (Å²) in [6.07, 6.45) is 4.37. The first-order valence-electron chi connectivity index (χ1n) is 8.49. The molecule has 144 valence electrons. The van der Waals surface area contributed by atoms with E-state index in [9.17, 15) is 18.0 Å². The number of nitrogens with zero attached hydrogens (tertiary/aromatic N) is 2. The number of thioether (sulfide) groups is 1. The average Bonchev–Trinajstić information content (AvgIpc) is 2.90. The SMILES string of the molecule is CCOC(=O)NC(=O)CSc1ccc(S(=O)(=O)N2CCCCCC2)cn1. The first-order chi connectivity index (χ1) is 12.4. The van der Waals surface area contributed by atoms with E-state index in [4.69, 9.17) is 0 Å². The van der Waals surface area contributed by atoms with Crippen LogP contribution in [0.5, 0.6) is 0 Å². The van der Waals surface area contributed by atoms with Gasteiger partial charge >= 0.3 is 6.09 Å². The van der Waals surface area contributed by atoms with Crippen LogP contribution in [0.25, 0.3) is 0 Å². The van der Waals surface area contributed by atoms with Gasteiger partial charge in [0.05, 0.1) is 17.4 Å². The second-order valence-electron chi connectivity index (χ2n) is 5.71. The molecule has 10 heteroatoms. The maximum absolute atomic E-state index is 12.7. The van der Waals surface area contributed by atoms with Gasteiger partial charge in [0.15, 0.2) is 0 Å². The van der Waals surface area contributed by atoms with Crippen LogP contribution in [-0.2, 0) is 19.6 Å². The fourth-order valence-corrected chi connectivity index (χ4v) is 4.60.